The van der Waals surface area contributed by atoms with Gasteiger partial charge in [0.15, 0.2) is 0 Å². The minimum atomic E-state index is 0.347. The summed E-state index contributed by atoms with van der Waals surface area (Å²) in [5, 5.41) is 0. The molecule has 0 aliphatic carbocycles. The van der Waals surface area contributed by atoms with Crippen LogP contribution in [-0.2, 0) is 11.3 Å². The van der Waals surface area contributed by atoms with E-state index in [1.807, 2.05) is 24.3 Å². The number of ether oxygens (including phenoxy) is 2. The highest BCUT2D eigenvalue weighted by Crippen LogP contribution is 2.12. The molecule has 1 rings (SSSR count). The quantitative estimate of drug-likeness (QED) is 0.521. The normalized spacial score (nSPS) is 12.8. The number of hydrogen-bond donors (Lipinski definition) is 0. The van der Waals surface area contributed by atoms with Crippen LogP contribution in [0.4, 0.5) is 0 Å². The minimum Gasteiger partial charge on any atom is -0.497 e. The monoisotopic (exact) mass is 272 g/mol. The van der Waals surface area contributed by atoms with E-state index in [1.165, 1.54) is 5.57 Å². The highest BCUT2D eigenvalue weighted by molar-refractivity contribution is 5.26. The second-order valence-electron chi connectivity index (χ2n) is 5.04. The number of terminal acetylenes is 1. The van der Waals surface area contributed by atoms with E-state index in [0.29, 0.717) is 19.1 Å². The van der Waals surface area contributed by atoms with Gasteiger partial charge in [-0.3, -0.25) is 0 Å². The summed E-state index contributed by atoms with van der Waals surface area (Å²) in [4.78, 5) is 0. The average Bonchev–Trinajstić information content (AvgIpc) is 2.47. The van der Waals surface area contributed by atoms with E-state index in [1.54, 1.807) is 7.11 Å². The van der Waals surface area contributed by atoms with Gasteiger partial charge >= 0.3 is 0 Å². The molecule has 0 aliphatic rings. The maximum absolute atomic E-state index is 5.69. The summed E-state index contributed by atoms with van der Waals surface area (Å²) < 4.78 is 10.8. The SMILES string of the molecule is C#C[C@@H](C)CC/C=C(\C)COCc1ccc(OC)cc1. The van der Waals surface area contributed by atoms with Crippen LogP contribution in [0.1, 0.15) is 32.3 Å². The van der Waals surface area contributed by atoms with Crippen molar-refractivity contribution in [2.45, 2.75) is 33.3 Å². The minimum absolute atomic E-state index is 0.347. The molecule has 2 nitrogen and oxygen atoms in total. The Morgan fingerprint density at radius 2 is 2.05 bits per heavy atom. The molecule has 0 aliphatic heterocycles. The third-order valence-electron chi connectivity index (χ3n) is 3.13. The average molecular weight is 272 g/mol. The Bertz CT molecular complexity index is 451. The Labute approximate surface area is 122 Å². The lowest BCUT2D eigenvalue weighted by Gasteiger charge is -2.06. The van der Waals surface area contributed by atoms with Gasteiger partial charge in [-0.05, 0) is 37.5 Å². The maximum atomic E-state index is 5.69. The largest absolute Gasteiger partial charge is 0.497 e. The van der Waals surface area contributed by atoms with Gasteiger partial charge in [0.05, 0.1) is 20.3 Å². The van der Waals surface area contributed by atoms with Crippen LogP contribution in [-0.4, -0.2) is 13.7 Å². The molecule has 0 spiro atoms. The van der Waals surface area contributed by atoms with Crippen LogP contribution in [0, 0.1) is 18.3 Å². The molecule has 0 heterocycles. The summed E-state index contributed by atoms with van der Waals surface area (Å²) in [5.74, 6) is 3.96. The lowest BCUT2D eigenvalue weighted by molar-refractivity contribution is 0.142. The summed E-state index contributed by atoms with van der Waals surface area (Å²) in [6.07, 6.45) is 9.61. The first kappa shape index (κ1) is 16.3. The fraction of sp³-hybridized carbons (Fsp3) is 0.444. The van der Waals surface area contributed by atoms with Crippen molar-refractivity contribution in [3.05, 3.63) is 41.5 Å². The lowest BCUT2D eigenvalue weighted by atomic mass is 10.1. The van der Waals surface area contributed by atoms with E-state index in [0.717, 1.165) is 24.2 Å². The molecule has 1 aromatic rings. The summed E-state index contributed by atoms with van der Waals surface area (Å²) in [7, 11) is 1.67. The van der Waals surface area contributed by atoms with Crippen molar-refractivity contribution in [1.29, 1.82) is 0 Å². The van der Waals surface area contributed by atoms with E-state index in [-0.39, 0.29) is 0 Å². The summed E-state index contributed by atoms with van der Waals surface area (Å²) >= 11 is 0. The zero-order valence-corrected chi connectivity index (χ0v) is 12.7. The zero-order chi connectivity index (χ0) is 14.8. The predicted molar refractivity (Wildman–Crippen MR) is 83.6 cm³/mol. The molecule has 0 amide bonds. The van der Waals surface area contributed by atoms with E-state index < -0.39 is 0 Å². The summed E-state index contributed by atoms with van der Waals surface area (Å²) in [5.41, 5.74) is 2.40. The van der Waals surface area contributed by atoms with Gasteiger partial charge in [-0.15, -0.1) is 12.3 Å². The van der Waals surface area contributed by atoms with Crippen LogP contribution in [0.15, 0.2) is 35.9 Å². The third-order valence-corrected chi connectivity index (χ3v) is 3.13. The van der Waals surface area contributed by atoms with Gasteiger partial charge in [-0.2, -0.15) is 0 Å². The smallest absolute Gasteiger partial charge is 0.118 e. The van der Waals surface area contributed by atoms with Gasteiger partial charge in [0.2, 0.25) is 0 Å². The molecular weight excluding hydrogens is 248 g/mol. The van der Waals surface area contributed by atoms with E-state index in [2.05, 4.69) is 25.8 Å². The standard InChI is InChI=1S/C18H24O2/c1-5-15(2)7-6-8-16(3)13-20-14-17-9-11-18(19-4)12-10-17/h1,8-12,15H,6-7,13-14H2,2-4H3/b16-8+/t15-/m1/s1. The summed E-state index contributed by atoms with van der Waals surface area (Å²) in [6.45, 7) is 5.45. The number of allylic oxidation sites excluding steroid dienone is 1. The molecule has 0 saturated heterocycles. The Morgan fingerprint density at radius 1 is 1.35 bits per heavy atom. The van der Waals surface area contributed by atoms with Crippen molar-refractivity contribution in [2.24, 2.45) is 5.92 Å². The fourth-order valence-corrected chi connectivity index (χ4v) is 1.77. The van der Waals surface area contributed by atoms with E-state index in [9.17, 15) is 0 Å². The van der Waals surface area contributed by atoms with Crippen molar-refractivity contribution in [3.63, 3.8) is 0 Å². The number of methoxy groups -OCH3 is 1. The van der Waals surface area contributed by atoms with Crippen molar-refractivity contribution in [2.75, 3.05) is 13.7 Å². The molecule has 2 heteroatoms. The van der Waals surface area contributed by atoms with E-state index in [4.69, 9.17) is 15.9 Å². The maximum Gasteiger partial charge on any atom is 0.118 e. The molecule has 0 aromatic heterocycles. The second kappa shape index (κ2) is 9.23. The van der Waals surface area contributed by atoms with Crippen LogP contribution in [0.3, 0.4) is 0 Å². The first-order chi connectivity index (χ1) is 9.65. The number of hydrogen-bond acceptors (Lipinski definition) is 2. The Kier molecular flexibility index (Phi) is 7.54. The zero-order valence-electron chi connectivity index (χ0n) is 12.7. The van der Waals surface area contributed by atoms with Crippen LogP contribution in [0.2, 0.25) is 0 Å². The predicted octanol–water partition coefficient (Wildman–Crippen LogP) is 4.21. The van der Waals surface area contributed by atoms with Gasteiger partial charge in [0, 0.05) is 5.92 Å². The molecule has 0 radical (unpaired) electrons. The van der Waals surface area contributed by atoms with Crippen molar-refractivity contribution >= 4 is 0 Å². The number of benzene rings is 1. The molecule has 0 bridgehead atoms. The first-order valence-corrected chi connectivity index (χ1v) is 6.98. The van der Waals surface area contributed by atoms with Crippen LogP contribution in [0.25, 0.3) is 0 Å². The van der Waals surface area contributed by atoms with Gasteiger partial charge in [0.1, 0.15) is 5.75 Å². The first-order valence-electron chi connectivity index (χ1n) is 6.98. The van der Waals surface area contributed by atoms with Crippen molar-refractivity contribution in [1.82, 2.24) is 0 Å². The molecular formula is C18H24O2. The van der Waals surface area contributed by atoms with Crippen LogP contribution < -0.4 is 4.74 Å². The second-order valence-corrected chi connectivity index (χ2v) is 5.04. The Balaban J connectivity index is 2.25. The molecule has 0 fully saturated rings. The summed E-state index contributed by atoms with van der Waals surface area (Å²) in [6, 6.07) is 7.93. The fourth-order valence-electron chi connectivity index (χ4n) is 1.77. The molecule has 0 saturated carbocycles. The van der Waals surface area contributed by atoms with Gasteiger partial charge in [-0.1, -0.05) is 30.7 Å². The van der Waals surface area contributed by atoms with Gasteiger partial charge in [0.25, 0.3) is 0 Å². The topological polar surface area (TPSA) is 18.5 Å². The van der Waals surface area contributed by atoms with Gasteiger partial charge < -0.3 is 9.47 Å². The third kappa shape index (κ3) is 6.45. The number of rotatable bonds is 8. The molecule has 0 N–H and O–H groups in total. The van der Waals surface area contributed by atoms with Gasteiger partial charge in [-0.25, -0.2) is 0 Å². The lowest BCUT2D eigenvalue weighted by Crippen LogP contribution is -1.97. The Hall–Kier alpha value is -1.72. The molecule has 1 aromatic carbocycles. The van der Waals surface area contributed by atoms with Crippen molar-refractivity contribution in [3.8, 4) is 18.1 Å². The molecule has 1 atom stereocenters. The van der Waals surface area contributed by atoms with Crippen molar-refractivity contribution < 1.29 is 9.47 Å². The van der Waals surface area contributed by atoms with E-state index >= 15 is 0 Å². The van der Waals surface area contributed by atoms with Crippen LogP contribution in [0.5, 0.6) is 5.75 Å². The Morgan fingerprint density at radius 3 is 2.65 bits per heavy atom. The highest BCUT2D eigenvalue weighted by atomic mass is 16.5. The van der Waals surface area contributed by atoms with Crippen LogP contribution >= 0.6 is 0 Å². The molecule has 108 valence electrons. The molecule has 20 heavy (non-hydrogen) atoms. The molecule has 0 unspecified atom stereocenters. The highest BCUT2D eigenvalue weighted by Gasteiger charge is 1.97.